The van der Waals surface area contributed by atoms with Crippen LogP contribution >= 0.6 is 28.3 Å². The number of hydrogen-bond donors (Lipinski definition) is 1. The minimum Gasteiger partial charge on any atom is -0.328 e. The van der Waals surface area contributed by atoms with Crippen molar-refractivity contribution >= 4 is 28.3 Å². The van der Waals surface area contributed by atoms with Gasteiger partial charge in [-0.2, -0.15) is 5.10 Å². The van der Waals surface area contributed by atoms with Gasteiger partial charge in [0.05, 0.1) is 15.9 Å². The Hall–Kier alpha value is -0.100. The smallest absolute Gasteiger partial charge is 0.0739 e. The summed E-state index contributed by atoms with van der Waals surface area (Å²) in [7, 11) is 2.00. The average Bonchev–Trinajstić information content (AvgIpc) is 2.48. The Labute approximate surface area is 117 Å². The number of halogens is 2. The lowest BCUT2D eigenvalue weighted by atomic mass is 10.1. The van der Waals surface area contributed by atoms with E-state index in [2.05, 4.69) is 25.9 Å². The van der Waals surface area contributed by atoms with Gasteiger partial charge in [-0.05, 0) is 35.7 Å². The molecule has 6 heteroatoms. The molecule has 1 fully saturated rings. The van der Waals surface area contributed by atoms with E-state index in [1.807, 2.05) is 18.7 Å². The third-order valence-electron chi connectivity index (χ3n) is 3.27. The van der Waals surface area contributed by atoms with Gasteiger partial charge >= 0.3 is 0 Å². The quantitative estimate of drug-likeness (QED) is 0.903. The second kappa shape index (κ2) is 6.18. The maximum absolute atomic E-state index is 5.90. The van der Waals surface area contributed by atoms with Crippen molar-refractivity contribution in [2.75, 3.05) is 13.1 Å². The average molecular weight is 324 g/mol. The van der Waals surface area contributed by atoms with Crippen molar-refractivity contribution in [2.45, 2.75) is 32.4 Å². The lowest BCUT2D eigenvalue weighted by molar-refractivity contribution is 0.201. The molecule has 1 aliphatic heterocycles. The summed E-state index contributed by atoms with van der Waals surface area (Å²) >= 11 is 3.60. The second-order valence-corrected chi connectivity index (χ2v) is 5.38. The van der Waals surface area contributed by atoms with Gasteiger partial charge < -0.3 is 5.73 Å². The first kappa shape index (κ1) is 15.0. The molecule has 0 spiro atoms. The fraction of sp³-hybridized carbons (Fsp3) is 0.727. The molecule has 0 amide bonds. The number of aryl methyl sites for hydroxylation is 2. The van der Waals surface area contributed by atoms with Crippen molar-refractivity contribution in [1.82, 2.24) is 14.7 Å². The molecule has 1 aromatic heterocycles. The number of nitrogens with two attached hydrogens (primary N) is 1. The van der Waals surface area contributed by atoms with E-state index in [4.69, 9.17) is 5.73 Å². The van der Waals surface area contributed by atoms with E-state index in [0.29, 0.717) is 6.04 Å². The first-order valence-electron chi connectivity index (χ1n) is 5.74. The highest BCUT2D eigenvalue weighted by atomic mass is 79.9. The van der Waals surface area contributed by atoms with Crippen LogP contribution in [0.1, 0.15) is 24.2 Å². The topological polar surface area (TPSA) is 47.1 Å². The van der Waals surface area contributed by atoms with Crippen molar-refractivity contribution in [1.29, 1.82) is 0 Å². The van der Waals surface area contributed by atoms with Crippen LogP contribution in [0.5, 0.6) is 0 Å². The lowest BCUT2D eigenvalue weighted by Crippen LogP contribution is -2.39. The van der Waals surface area contributed by atoms with Crippen LogP contribution in [0.15, 0.2) is 4.47 Å². The van der Waals surface area contributed by atoms with E-state index >= 15 is 0 Å². The molecule has 2 rings (SSSR count). The van der Waals surface area contributed by atoms with Gasteiger partial charge in [0.2, 0.25) is 0 Å². The van der Waals surface area contributed by atoms with E-state index in [-0.39, 0.29) is 12.4 Å². The summed E-state index contributed by atoms with van der Waals surface area (Å²) in [6, 6.07) is 0.396. The Morgan fingerprint density at radius 1 is 1.41 bits per heavy atom. The molecule has 1 saturated heterocycles. The first-order valence-corrected chi connectivity index (χ1v) is 6.53. The zero-order valence-corrected chi connectivity index (χ0v) is 12.7. The van der Waals surface area contributed by atoms with Gasteiger partial charge in [-0.25, -0.2) is 0 Å². The molecule has 1 aliphatic rings. The van der Waals surface area contributed by atoms with Crippen LogP contribution in [0.25, 0.3) is 0 Å². The predicted molar refractivity (Wildman–Crippen MR) is 75.4 cm³/mol. The molecular formula is C11H20BrClN4. The maximum atomic E-state index is 5.90. The highest BCUT2D eigenvalue weighted by Gasteiger charge is 2.19. The van der Waals surface area contributed by atoms with Crippen LogP contribution in [0.2, 0.25) is 0 Å². The van der Waals surface area contributed by atoms with E-state index in [0.717, 1.165) is 42.6 Å². The Kier molecular flexibility index (Phi) is 5.44. The highest BCUT2D eigenvalue weighted by Crippen LogP contribution is 2.22. The molecule has 2 N–H and O–H groups in total. The summed E-state index contributed by atoms with van der Waals surface area (Å²) in [5.41, 5.74) is 8.22. The third-order valence-corrected chi connectivity index (χ3v) is 4.30. The third kappa shape index (κ3) is 3.44. The Balaban J connectivity index is 0.00000144. The zero-order valence-electron chi connectivity index (χ0n) is 10.3. The fourth-order valence-electron chi connectivity index (χ4n) is 2.17. The predicted octanol–water partition coefficient (Wildman–Crippen LogP) is 1.84. The summed E-state index contributed by atoms with van der Waals surface area (Å²) < 4.78 is 3.11. The Bertz CT molecular complexity index is 372. The molecule has 0 aliphatic carbocycles. The van der Waals surface area contributed by atoms with Crippen molar-refractivity contribution < 1.29 is 0 Å². The standard InChI is InChI=1S/C11H19BrN4.ClH/c1-8-11(12)10(15(2)14-8)7-16-5-3-9(13)4-6-16;/h9H,3-7,13H2,1-2H3;1H. The van der Waals surface area contributed by atoms with Gasteiger partial charge in [0, 0.05) is 32.7 Å². The van der Waals surface area contributed by atoms with Gasteiger partial charge in [0.1, 0.15) is 0 Å². The zero-order chi connectivity index (χ0) is 11.7. The van der Waals surface area contributed by atoms with Crippen molar-refractivity contribution in [3.8, 4) is 0 Å². The monoisotopic (exact) mass is 322 g/mol. The SMILES string of the molecule is Cc1nn(C)c(CN2CCC(N)CC2)c1Br.Cl. The van der Waals surface area contributed by atoms with Gasteiger partial charge in [-0.3, -0.25) is 9.58 Å². The molecule has 2 heterocycles. The van der Waals surface area contributed by atoms with Crippen LogP contribution in [0, 0.1) is 6.92 Å². The number of piperidine rings is 1. The van der Waals surface area contributed by atoms with E-state index in [9.17, 15) is 0 Å². The second-order valence-electron chi connectivity index (χ2n) is 4.58. The van der Waals surface area contributed by atoms with Crippen molar-refractivity contribution in [2.24, 2.45) is 12.8 Å². The summed E-state index contributed by atoms with van der Waals surface area (Å²) in [6.07, 6.45) is 2.21. The maximum Gasteiger partial charge on any atom is 0.0739 e. The molecule has 4 nitrogen and oxygen atoms in total. The molecule has 0 saturated carbocycles. The van der Waals surface area contributed by atoms with Crippen LogP contribution < -0.4 is 5.73 Å². The summed E-state index contributed by atoms with van der Waals surface area (Å²) in [4.78, 5) is 2.45. The van der Waals surface area contributed by atoms with E-state index in [1.54, 1.807) is 0 Å². The molecule has 0 unspecified atom stereocenters. The molecular weight excluding hydrogens is 304 g/mol. The molecule has 17 heavy (non-hydrogen) atoms. The molecule has 1 aromatic rings. The first-order chi connectivity index (χ1) is 7.58. The minimum absolute atomic E-state index is 0. The van der Waals surface area contributed by atoms with Crippen LogP contribution in [-0.4, -0.2) is 33.8 Å². The number of nitrogens with zero attached hydrogens (tertiary/aromatic N) is 3. The van der Waals surface area contributed by atoms with Crippen molar-refractivity contribution in [3.63, 3.8) is 0 Å². The normalized spacial score (nSPS) is 18.1. The van der Waals surface area contributed by atoms with Crippen molar-refractivity contribution in [3.05, 3.63) is 15.9 Å². The molecule has 98 valence electrons. The number of likely N-dealkylation sites (tertiary alicyclic amines) is 1. The number of hydrogen-bond acceptors (Lipinski definition) is 3. The van der Waals surface area contributed by atoms with Crippen LogP contribution in [-0.2, 0) is 13.6 Å². The van der Waals surface area contributed by atoms with Crippen LogP contribution in [0.4, 0.5) is 0 Å². The number of rotatable bonds is 2. The van der Waals surface area contributed by atoms with Gasteiger partial charge in [0.15, 0.2) is 0 Å². The largest absolute Gasteiger partial charge is 0.328 e. The van der Waals surface area contributed by atoms with Gasteiger partial charge in [-0.15, -0.1) is 12.4 Å². The lowest BCUT2D eigenvalue weighted by Gasteiger charge is -2.30. The Morgan fingerprint density at radius 3 is 2.47 bits per heavy atom. The van der Waals surface area contributed by atoms with E-state index < -0.39 is 0 Å². The van der Waals surface area contributed by atoms with Gasteiger partial charge in [-0.1, -0.05) is 0 Å². The molecule has 0 atom stereocenters. The van der Waals surface area contributed by atoms with E-state index in [1.165, 1.54) is 5.69 Å². The fourth-order valence-corrected chi connectivity index (χ4v) is 2.64. The van der Waals surface area contributed by atoms with Crippen LogP contribution in [0.3, 0.4) is 0 Å². The summed E-state index contributed by atoms with van der Waals surface area (Å²) in [5, 5.41) is 4.41. The molecule has 0 radical (unpaired) electrons. The highest BCUT2D eigenvalue weighted by molar-refractivity contribution is 9.10. The molecule has 0 aromatic carbocycles. The summed E-state index contributed by atoms with van der Waals surface area (Å²) in [6.45, 7) is 5.18. The summed E-state index contributed by atoms with van der Waals surface area (Å²) in [5.74, 6) is 0. The Morgan fingerprint density at radius 2 is 2.00 bits per heavy atom. The van der Waals surface area contributed by atoms with Gasteiger partial charge in [0.25, 0.3) is 0 Å². The number of aromatic nitrogens is 2. The molecule has 0 bridgehead atoms. The minimum atomic E-state index is 0.